The van der Waals surface area contributed by atoms with E-state index in [2.05, 4.69) is 45.2 Å². The number of carbonyl (C=O) groups excluding carboxylic acids is 4. The summed E-state index contributed by atoms with van der Waals surface area (Å²) in [5.74, 6) is -3.21. The molecule has 6 atom stereocenters. The molecule has 4 aromatic carbocycles. The van der Waals surface area contributed by atoms with Crippen molar-refractivity contribution in [3.05, 3.63) is 125 Å². The summed E-state index contributed by atoms with van der Waals surface area (Å²) < 4.78 is 1.94. The fourth-order valence-corrected chi connectivity index (χ4v) is 8.48. The molecule has 4 heterocycles. The largest absolute Gasteiger partial charge is 0.274 e. The second-order valence-corrected chi connectivity index (χ2v) is 15.0. The quantitative estimate of drug-likeness (QED) is 0.169. The van der Waals surface area contributed by atoms with Crippen molar-refractivity contribution in [3.8, 4) is 0 Å². The maximum atomic E-state index is 14.5. The Balaban J connectivity index is 1.32. The third-order valence-electron chi connectivity index (χ3n) is 9.32. The van der Waals surface area contributed by atoms with E-state index in [4.69, 9.17) is 23.2 Å². The van der Waals surface area contributed by atoms with Gasteiger partial charge in [0.05, 0.1) is 35.3 Å². The van der Waals surface area contributed by atoms with Gasteiger partial charge in [0.25, 0.3) is 11.8 Å². The standard InChI is InChI=1S/C34H22Cl2I2N4O4/c35-19-5-1-17(2-6-19)27-25-29(33(45)39(31(25)43)23-13-9-21(37)10-14-23)42-28(18-3-7-20(36)8-4-18)26-30(41(27)42)34(46)40(32(26)44)24-15-11-22(38)12-16-24/h1-16,25-30H. The Labute approximate surface area is 301 Å². The number of benzene rings is 4. The number of hydrogen-bond donors (Lipinski definition) is 0. The molecule has 230 valence electrons. The van der Waals surface area contributed by atoms with E-state index in [-0.39, 0.29) is 11.8 Å². The summed E-state index contributed by atoms with van der Waals surface area (Å²) in [4.78, 5) is 60.4. The number of nitrogens with zero attached hydrogens (tertiary/aromatic N) is 4. The lowest BCUT2D eigenvalue weighted by Crippen LogP contribution is -2.50. The van der Waals surface area contributed by atoms with Gasteiger partial charge in [-0.1, -0.05) is 47.5 Å². The number of hydrazine groups is 1. The van der Waals surface area contributed by atoms with Gasteiger partial charge in [-0.25, -0.2) is 19.8 Å². The predicted molar refractivity (Wildman–Crippen MR) is 190 cm³/mol. The molecule has 0 spiro atoms. The Morgan fingerprint density at radius 1 is 0.435 bits per heavy atom. The lowest BCUT2D eigenvalue weighted by molar-refractivity contribution is -0.136. The average Bonchev–Trinajstić information content (AvgIpc) is 3.71. The third kappa shape index (κ3) is 4.51. The molecule has 0 radical (unpaired) electrons. The fourth-order valence-electron chi connectivity index (χ4n) is 7.51. The molecule has 4 aliphatic rings. The zero-order valence-corrected chi connectivity index (χ0v) is 29.5. The van der Waals surface area contributed by atoms with Crippen LogP contribution >= 0.6 is 68.4 Å². The van der Waals surface area contributed by atoms with Crippen molar-refractivity contribution in [1.82, 2.24) is 10.0 Å². The lowest BCUT2D eigenvalue weighted by atomic mass is 9.84. The third-order valence-corrected chi connectivity index (χ3v) is 11.3. The molecule has 8 nitrogen and oxygen atoms in total. The summed E-state index contributed by atoms with van der Waals surface area (Å²) in [7, 11) is 0. The van der Waals surface area contributed by atoms with Crippen molar-refractivity contribution < 1.29 is 19.2 Å². The molecule has 0 N–H and O–H groups in total. The second kappa shape index (κ2) is 11.4. The zero-order chi connectivity index (χ0) is 32.0. The minimum Gasteiger partial charge on any atom is -0.274 e. The highest BCUT2D eigenvalue weighted by molar-refractivity contribution is 14.1. The highest BCUT2D eigenvalue weighted by Gasteiger charge is 2.73. The number of fused-ring (bicyclic) bond motifs is 5. The summed E-state index contributed by atoms with van der Waals surface area (Å²) in [6.45, 7) is 0. The van der Waals surface area contributed by atoms with Crippen molar-refractivity contribution in [2.75, 3.05) is 9.80 Å². The maximum Gasteiger partial charge on any atom is 0.253 e. The number of anilines is 2. The zero-order valence-electron chi connectivity index (χ0n) is 23.6. The van der Waals surface area contributed by atoms with Crippen LogP contribution < -0.4 is 9.80 Å². The van der Waals surface area contributed by atoms with E-state index in [1.165, 1.54) is 9.80 Å². The molecule has 0 aromatic heterocycles. The molecule has 4 aliphatic heterocycles. The lowest BCUT2D eigenvalue weighted by Gasteiger charge is -2.35. The van der Waals surface area contributed by atoms with Crippen LogP contribution in [0, 0.1) is 19.0 Å². The number of hydrogen-bond acceptors (Lipinski definition) is 6. The first kappa shape index (κ1) is 30.5. The predicted octanol–water partition coefficient (Wildman–Crippen LogP) is 6.65. The summed E-state index contributed by atoms with van der Waals surface area (Å²) >= 11 is 16.9. The van der Waals surface area contributed by atoms with E-state index < -0.39 is 47.8 Å². The van der Waals surface area contributed by atoms with E-state index in [0.717, 1.165) is 18.3 Å². The van der Waals surface area contributed by atoms with Crippen LogP contribution in [0.25, 0.3) is 0 Å². The molecular formula is C34H22Cl2I2N4O4. The molecule has 4 fully saturated rings. The Hall–Kier alpha value is -2.88. The van der Waals surface area contributed by atoms with Crippen LogP contribution in [0.5, 0.6) is 0 Å². The molecule has 8 rings (SSSR count). The first-order valence-electron chi connectivity index (χ1n) is 14.5. The Kier molecular flexibility index (Phi) is 7.53. The van der Waals surface area contributed by atoms with Gasteiger partial charge in [-0.05, 0) is 129 Å². The van der Waals surface area contributed by atoms with E-state index in [1.54, 1.807) is 48.5 Å². The number of carbonyl (C=O) groups is 4. The molecule has 6 unspecified atom stereocenters. The topological polar surface area (TPSA) is 81.2 Å². The van der Waals surface area contributed by atoms with E-state index >= 15 is 0 Å². The van der Waals surface area contributed by atoms with Crippen LogP contribution in [-0.4, -0.2) is 45.7 Å². The van der Waals surface area contributed by atoms with Gasteiger partial charge in [-0.15, -0.1) is 0 Å². The Morgan fingerprint density at radius 3 is 1.09 bits per heavy atom. The number of amides is 4. The van der Waals surface area contributed by atoms with Crippen LogP contribution in [0.2, 0.25) is 10.0 Å². The van der Waals surface area contributed by atoms with Gasteiger partial charge in [0.2, 0.25) is 11.8 Å². The smallest absolute Gasteiger partial charge is 0.253 e. The normalized spacial score (nSPS) is 27.5. The van der Waals surface area contributed by atoms with Gasteiger partial charge in [0.15, 0.2) is 0 Å². The van der Waals surface area contributed by atoms with Crippen LogP contribution in [0.4, 0.5) is 11.4 Å². The number of halogens is 4. The molecule has 0 bridgehead atoms. The Morgan fingerprint density at radius 2 is 0.761 bits per heavy atom. The minimum atomic E-state index is -0.953. The SMILES string of the molecule is O=C1C2C(C(=O)N1c1ccc(I)cc1)N1C(c3ccc(Cl)cc3)C3C(=O)N(c4ccc(I)cc4)C(=O)C3N1C2c1ccc(Cl)cc1. The van der Waals surface area contributed by atoms with Gasteiger partial charge in [0, 0.05) is 17.2 Å². The van der Waals surface area contributed by atoms with Gasteiger partial charge in [0.1, 0.15) is 12.1 Å². The summed E-state index contributed by atoms with van der Waals surface area (Å²) in [5.41, 5.74) is 2.39. The molecule has 4 saturated heterocycles. The van der Waals surface area contributed by atoms with Crippen molar-refractivity contribution in [1.29, 1.82) is 0 Å². The van der Waals surface area contributed by atoms with E-state index in [0.29, 0.717) is 21.4 Å². The summed E-state index contributed by atoms with van der Waals surface area (Å²) in [5, 5.41) is 4.72. The monoisotopic (exact) mass is 874 g/mol. The molecule has 4 aromatic rings. The molecule has 0 aliphatic carbocycles. The highest BCUT2D eigenvalue weighted by Crippen LogP contribution is 2.59. The molecule has 46 heavy (non-hydrogen) atoms. The van der Waals surface area contributed by atoms with Crippen molar-refractivity contribution in [3.63, 3.8) is 0 Å². The van der Waals surface area contributed by atoms with Gasteiger partial charge in [-0.3, -0.25) is 19.2 Å². The van der Waals surface area contributed by atoms with Gasteiger partial charge >= 0.3 is 0 Å². The van der Waals surface area contributed by atoms with Crippen LogP contribution in [0.15, 0.2) is 97.1 Å². The molecule has 4 amide bonds. The first-order chi connectivity index (χ1) is 22.2. The highest BCUT2D eigenvalue weighted by atomic mass is 127. The maximum absolute atomic E-state index is 14.5. The Bertz CT molecular complexity index is 1780. The minimum absolute atomic E-state index is 0.358. The first-order valence-corrected chi connectivity index (χ1v) is 17.4. The number of imide groups is 2. The molecule has 12 heteroatoms. The molecule has 0 saturated carbocycles. The van der Waals surface area contributed by atoms with Crippen LogP contribution in [0.1, 0.15) is 23.2 Å². The van der Waals surface area contributed by atoms with Gasteiger partial charge in [-0.2, -0.15) is 0 Å². The van der Waals surface area contributed by atoms with Crippen LogP contribution in [-0.2, 0) is 19.2 Å². The average molecular weight is 875 g/mol. The van der Waals surface area contributed by atoms with Crippen LogP contribution in [0.3, 0.4) is 0 Å². The van der Waals surface area contributed by atoms with Crippen molar-refractivity contribution in [2.24, 2.45) is 11.8 Å². The van der Waals surface area contributed by atoms with Crippen molar-refractivity contribution >= 4 is 103 Å². The summed E-state index contributed by atoms with van der Waals surface area (Å²) in [6.07, 6.45) is 0. The summed E-state index contributed by atoms with van der Waals surface area (Å²) in [6, 6.07) is 25.3. The second-order valence-electron chi connectivity index (χ2n) is 11.7. The molecular weight excluding hydrogens is 853 g/mol. The van der Waals surface area contributed by atoms with Gasteiger partial charge < -0.3 is 0 Å². The van der Waals surface area contributed by atoms with Crippen molar-refractivity contribution in [2.45, 2.75) is 24.2 Å². The van der Waals surface area contributed by atoms with E-state index in [9.17, 15) is 19.2 Å². The van der Waals surface area contributed by atoms with E-state index in [1.807, 2.05) is 58.5 Å². The number of rotatable bonds is 4. The fraction of sp³-hybridized carbons (Fsp3) is 0.176.